The maximum Gasteiger partial charge on any atom is 0.242 e. The second-order valence-electron chi connectivity index (χ2n) is 7.63. The number of benzene rings is 2. The average molecular weight is 459 g/mol. The van der Waals surface area contributed by atoms with Gasteiger partial charge in [-0.1, -0.05) is 64.8 Å². The first kappa shape index (κ1) is 23.1. The molecule has 0 saturated carbocycles. The molecule has 0 heterocycles. The van der Waals surface area contributed by atoms with Crippen LogP contribution in [0.1, 0.15) is 50.3 Å². The standard InChI is InChI=1S/C24H31BrN2O2/c1-5-18(3)26-24(29)19(4)27(16-21-7-6-8-22(25)15-21)23(28)14-13-20-11-9-17(2)10-12-20/h6-12,15,18-19H,5,13-14,16H2,1-4H3,(H,26,29)/t18-,19-/m0/s1. The van der Waals surface area contributed by atoms with Crippen molar-refractivity contribution in [1.82, 2.24) is 10.2 Å². The Hall–Kier alpha value is -2.14. The second kappa shape index (κ2) is 11.1. The molecule has 2 aromatic carbocycles. The van der Waals surface area contributed by atoms with Crippen LogP contribution in [0.5, 0.6) is 0 Å². The van der Waals surface area contributed by atoms with Gasteiger partial charge in [-0.15, -0.1) is 0 Å². The van der Waals surface area contributed by atoms with Crippen molar-refractivity contribution in [3.8, 4) is 0 Å². The van der Waals surface area contributed by atoms with Gasteiger partial charge >= 0.3 is 0 Å². The number of nitrogens with zero attached hydrogens (tertiary/aromatic N) is 1. The van der Waals surface area contributed by atoms with E-state index in [1.54, 1.807) is 11.8 Å². The first-order chi connectivity index (χ1) is 13.8. The van der Waals surface area contributed by atoms with Crippen LogP contribution in [-0.2, 0) is 22.6 Å². The molecule has 0 aliphatic carbocycles. The van der Waals surface area contributed by atoms with Crippen LogP contribution < -0.4 is 5.32 Å². The average Bonchev–Trinajstić information content (AvgIpc) is 2.70. The first-order valence-electron chi connectivity index (χ1n) is 10.2. The molecule has 4 nitrogen and oxygen atoms in total. The van der Waals surface area contributed by atoms with E-state index in [1.165, 1.54) is 5.56 Å². The van der Waals surface area contributed by atoms with Crippen LogP contribution in [0, 0.1) is 6.92 Å². The summed E-state index contributed by atoms with van der Waals surface area (Å²) < 4.78 is 0.957. The predicted molar refractivity (Wildman–Crippen MR) is 122 cm³/mol. The topological polar surface area (TPSA) is 49.4 Å². The third-order valence-corrected chi connectivity index (χ3v) is 5.65. The zero-order valence-corrected chi connectivity index (χ0v) is 19.3. The Morgan fingerprint density at radius 3 is 2.38 bits per heavy atom. The van der Waals surface area contributed by atoms with Gasteiger partial charge in [0.05, 0.1) is 0 Å². The minimum atomic E-state index is -0.534. The summed E-state index contributed by atoms with van der Waals surface area (Å²) in [6, 6.07) is 15.6. The molecule has 0 aliphatic heterocycles. The Balaban J connectivity index is 2.14. The molecule has 2 amide bonds. The van der Waals surface area contributed by atoms with E-state index in [2.05, 4.69) is 45.5 Å². The van der Waals surface area contributed by atoms with E-state index in [9.17, 15) is 9.59 Å². The van der Waals surface area contributed by atoms with Gasteiger partial charge in [0.15, 0.2) is 0 Å². The molecule has 0 aliphatic rings. The van der Waals surface area contributed by atoms with Crippen LogP contribution in [0.15, 0.2) is 53.0 Å². The first-order valence-corrected chi connectivity index (χ1v) is 11.0. The minimum absolute atomic E-state index is 0.0163. The fraction of sp³-hybridized carbons (Fsp3) is 0.417. The molecule has 2 rings (SSSR count). The summed E-state index contributed by atoms with van der Waals surface area (Å²) in [5.41, 5.74) is 3.32. The maximum atomic E-state index is 13.1. The van der Waals surface area contributed by atoms with E-state index >= 15 is 0 Å². The van der Waals surface area contributed by atoms with Gasteiger partial charge in [-0.05, 0) is 56.9 Å². The fourth-order valence-corrected chi connectivity index (χ4v) is 3.48. The third-order valence-electron chi connectivity index (χ3n) is 5.16. The highest BCUT2D eigenvalue weighted by Crippen LogP contribution is 2.17. The smallest absolute Gasteiger partial charge is 0.242 e. The lowest BCUT2D eigenvalue weighted by Gasteiger charge is -2.30. The van der Waals surface area contributed by atoms with Gasteiger partial charge < -0.3 is 10.2 Å². The van der Waals surface area contributed by atoms with Gasteiger partial charge in [0.2, 0.25) is 11.8 Å². The zero-order valence-electron chi connectivity index (χ0n) is 17.7. The highest BCUT2D eigenvalue weighted by Gasteiger charge is 2.26. The maximum absolute atomic E-state index is 13.1. The van der Waals surface area contributed by atoms with Gasteiger partial charge in [-0.3, -0.25) is 9.59 Å². The largest absolute Gasteiger partial charge is 0.352 e. The van der Waals surface area contributed by atoms with Crippen molar-refractivity contribution in [2.45, 2.75) is 65.6 Å². The molecule has 5 heteroatoms. The number of amides is 2. The molecular weight excluding hydrogens is 428 g/mol. The SMILES string of the molecule is CC[C@H](C)NC(=O)[C@H](C)N(Cc1cccc(Br)c1)C(=O)CCc1ccc(C)cc1. The number of aryl methyl sites for hydroxylation is 2. The van der Waals surface area contributed by atoms with Crippen molar-refractivity contribution >= 4 is 27.7 Å². The molecule has 0 aromatic heterocycles. The number of halogens is 1. The summed E-state index contributed by atoms with van der Waals surface area (Å²) in [6.07, 6.45) is 1.89. The predicted octanol–water partition coefficient (Wildman–Crippen LogP) is 5.02. The van der Waals surface area contributed by atoms with E-state index in [4.69, 9.17) is 0 Å². The van der Waals surface area contributed by atoms with E-state index < -0.39 is 6.04 Å². The quantitative estimate of drug-likeness (QED) is 0.573. The van der Waals surface area contributed by atoms with Crippen LogP contribution in [-0.4, -0.2) is 28.8 Å². The van der Waals surface area contributed by atoms with E-state index in [0.29, 0.717) is 19.4 Å². The monoisotopic (exact) mass is 458 g/mol. The minimum Gasteiger partial charge on any atom is -0.352 e. The molecule has 2 atom stereocenters. The number of carbonyl (C=O) groups is 2. The highest BCUT2D eigenvalue weighted by atomic mass is 79.9. The molecule has 0 bridgehead atoms. The van der Waals surface area contributed by atoms with Crippen LogP contribution in [0.4, 0.5) is 0 Å². The Morgan fingerprint density at radius 2 is 1.76 bits per heavy atom. The summed E-state index contributed by atoms with van der Waals surface area (Å²) in [5.74, 6) is -0.129. The van der Waals surface area contributed by atoms with Gasteiger partial charge in [-0.2, -0.15) is 0 Å². The molecule has 156 valence electrons. The Morgan fingerprint density at radius 1 is 1.07 bits per heavy atom. The third kappa shape index (κ3) is 7.32. The molecule has 0 fully saturated rings. The summed E-state index contributed by atoms with van der Waals surface area (Å²) in [4.78, 5) is 27.5. The van der Waals surface area contributed by atoms with Crippen molar-refractivity contribution < 1.29 is 9.59 Å². The van der Waals surface area contributed by atoms with Crippen molar-refractivity contribution in [3.05, 3.63) is 69.7 Å². The zero-order chi connectivity index (χ0) is 21.4. The van der Waals surface area contributed by atoms with E-state index in [-0.39, 0.29) is 17.9 Å². The van der Waals surface area contributed by atoms with E-state index in [1.807, 2.05) is 45.0 Å². The summed E-state index contributed by atoms with van der Waals surface area (Å²) in [6.45, 7) is 8.26. The van der Waals surface area contributed by atoms with Gasteiger partial charge in [0.1, 0.15) is 6.04 Å². The molecule has 29 heavy (non-hydrogen) atoms. The second-order valence-corrected chi connectivity index (χ2v) is 8.55. The summed E-state index contributed by atoms with van der Waals surface area (Å²) >= 11 is 3.48. The molecule has 0 saturated heterocycles. The van der Waals surface area contributed by atoms with E-state index in [0.717, 1.165) is 22.0 Å². The molecule has 1 N–H and O–H groups in total. The van der Waals surface area contributed by atoms with Gasteiger partial charge in [0, 0.05) is 23.5 Å². The number of hydrogen-bond donors (Lipinski definition) is 1. The van der Waals surface area contributed by atoms with Crippen molar-refractivity contribution in [2.75, 3.05) is 0 Å². The Labute approximate surface area is 182 Å². The normalized spacial score (nSPS) is 12.9. The summed E-state index contributed by atoms with van der Waals surface area (Å²) in [5, 5.41) is 3.00. The number of carbonyl (C=O) groups excluding carboxylic acids is 2. The van der Waals surface area contributed by atoms with Crippen molar-refractivity contribution in [2.24, 2.45) is 0 Å². The lowest BCUT2D eigenvalue weighted by molar-refractivity contribution is -0.140. The van der Waals surface area contributed by atoms with Gasteiger partial charge in [-0.25, -0.2) is 0 Å². The Kier molecular flexibility index (Phi) is 8.90. The lowest BCUT2D eigenvalue weighted by Crippen LogP contribution is -2.49. The molecular formula is C24H31BrN2O2. The number of rotatable bonds is 9. The van der Waals surface area contributed by atoms with Crippen molar-refractivity contribution in [1.29, 1.82) is 0 Å². The fourth-order valence-electron chi connectivity index (χ4n) is 3.03. The Bertz CT molecular complexity index is 820. The lowest BCUT2D eigenvalue weighted by atomic mass is 10.1. The summed E-state index contributed by atoms with van der Waals surface area (Å²) in [7, 11) is 0. The number of hydrogen-bond acceptors (Lipinski definition) is 2. The molecule has 0 spiro atoms. The van der Waals surface area contributed by atoms with Crippen LogP contribution in [0.25, 0.3) is 0 Å². The van der Waals surface area contributed by atoms with Crippen LogP contribution >= 0.6 is 15.9 Å². The van der Waals surface area contributed by atoms with Gasteiger partial charge in [0.25, 0.3) is 0 Å². The molecule has 0 radical (unpaired) electrons. The van der Waals surface area contributed by atoms with Crippen molar-refractivity contribution in [3.63, 3.8) is 0 Å². The van der Waals surface area contributed by atoms with Crippen LogP contribution in [0.2, 0.25) is 0 Å². The molecule has 0 unspecified atom stereocenters. The number of nitrogens with one attached hydrogen (secondary N) is 1. The van der Waals surface area contributed by atoms with Crippen LogP contribution in [0.3, 0.4) is 0 Å². The highest BCUT2D eigenvalue weighted by molar-refractivity contribution is 9.10. The molecule has 2 aromatic rings.